The molecule has 0 radical (unpaired) electrons. The minimum atomic E-state index is -3.87. The second-order valence-electron chi connectivity index (χ2n) is 7.49. The summed E-state index contributed by atoms with van der Waals surface area (Å²) in [6.07, 6.45) is 0.207. The van der Waals surface area contributed by atoms with Crippen LogP contribution in [0.25, 0.3) is 11.3 Å². The van der Waals surface area contributed by atoms with Gasteiger partial charge in [-0.25, -0.2) is 0 Å². The first-order valence-corrected chi connectivity index (χ1v) is 10.6. The molecule has 1 heterocycles. The Hall–Kier alpha value is -2.77. The molecule has 2 aromatic carbocycles. The van der Waals surface area contributed by atoms with Gasteiger partial charge in [-0.1, -0.05) is 67.0 Å². The van der Waals surface area contributed by atoms with Crippen LogP contribution in [-0.4, -0.2) is 26.0 Å². The predicted octanol–water partition coefficient (Wildman–Crippen LogP) is 4.65. The zero-order chi connectivity index (χ0) is 21.1. The highest BCUT2D eigenvalue weighted by Crippen LogP contribution is 2.29. The number of hydrogen-bond acceptors (Lipinski definition) is 6. The summed E-state index contributed by atoms with van der Waals surface area (Å²) in [6, 6.07) is 17.4. The molecule has 0 amide bonds. The Balaban J connectivity index is 1.64. The van der Waals surface area contributed by atoms with Crippen LogP contribution in [0.4, 0.5) is 0 Å². The van der Waals surface area contributed by atoms with Gasteiger partial charge in [-0.05, 0) is 25.5 Å². The van der Waals surface area contributed by atoms with Gasteiger partial charge in [0.1, 0.15) is 5.69 Å². The van der Waals surface area contributed by atoms with Crippen molar-refractivity contribution >= 4 is 15.9 Å². The first-order valence-electron chi connectivity index (χ1n) is 9.22. The van der Waals surface area contributed by atoms with Gasteiger partial charge >= 0.3 is 0 Å². The van der Waals surface area contributed by atoms with Crippen molar-refractivity contribution in [3.8, 4) is 11.3 Å². The molecule has 1 aromatic heterocycles. The number of ketones is 1. The van der Waals surface area contributed by atoms with Crippen molar-refractivity contribution in [3.05, 3.63) is 72.0 Å². The third kappa shape index (κ3) is 4.99. The van der Waals surface area contributed by atoms with E-state index in [0.717, 1.165) is 11.1 Å². The summed E-state index contributed by atoms with van der Waals surface area (Å²) in [5.41, 5.74) is 1.50. The van der Waals surface area contributed by atoms with Crippen molar-refractivity contribution in [2.75, 3.05) is 6.61 Å². The normalized spacial score (nSPS) is 12.1. The minimum absolute atomic E-state index is 0.0926. The van der Waals surface area contributed by atoms with Gasteiger partial charge in [-0.15, -0.1) is 0 Å². The number of carbonyl (C=O) groups is 1. The molecular weight excluding hydrogens is 390 g/mol. The Bertz CT molecular complexity index is 1080. The predicted molar refractivity (Wildman–Crippen MR) is 109 cm³/mol. The first-order chi connectivity index (χ1) is 13.7. The van der Waals surface area contributed by atoms with Gasteiger partial charge in [0.2, 0.25) is 11.5 Å². The number of nitrogens with zero attached hydrogens (tertiary/aromatic N) is 1. The number of rotatable bonds is 8. The van der Waals surface area contributed by atoms with Crippen LogP contribution < -0.4 is 0 Å². The molecule has 0 bridgehead atoms. The summed E-state index contributed by atoms with van der Waals surface area (Å²) in [6.45, 7) is 5.20. The Kier molecular flexibility index (Phi) is 6.00. The molecule has 3 aromatic rings. The van der Waals surface area contributed by atoms with E-state index in [4.69, 9.17) is 8.71 Å². The molecule has 29 heavy (non-hydrogen) atoms. The molecule has 3 rings (SSSR count). The quantitative estimate of drug-likeness (QED) is 0.394. The first kappa shape index (κ1) is 21.0. The lowest BCUT2D eigenvalue weighted by molar-refractivity contribution is 0.0763. The van der Waals surface area contributed by atoms with E-state index in [9.17, 15) is 13.2 Å². The average molecular weight is 413 g/mol. The van der Waals surface area contributed by atoms with Crippen molar-refractivity contribution in [1.29, 1.82) is 0 Å². The molecular formula is C22H23NO5S. The highest BCUT2D eigenvalue weighted by atomic mass is 32.2. The Morgan fingerprint density at radius 2 is 1.72 bits per heavy atom. The summed E-state index contributed by atoms with van der Waals surface area (Å²) in [7, 11) is -3.87. The maximum absolute atomic E-state index is 12.8. The molecule has 0 saturated carbocycles. The topological polar surface area (TPSA) is 86.5 Å². The number of hydrogen-bond donors (Lipinski definition) is 0. The number of benzene rings is 2. The fraction of sp³-hybridized carbons (Fsp3) is 0.273. The van der Waals surface area contributed by atoms with Crippen LogP contribution in [0.3, 0.4) is 0 Å². The van der Waals surface area contributed by atoms with E-state index >= 15 is 0 Å². The number of aromatic nitrogens is 1. The third-order valence-corrected chi connectivity index (χ3v) is 6.02. The maximum Gasteiger partial charge on any atom is 0.296 e. The Morgan fingerprint density at radius 3 is 2.38 bits per heavy atom. The largest absolute Gasteiger partial charge is 0.352 e. The van der Waals surface area contributed by atoms with E-state index < -0.39 is 15.5 Å². The van der Waals surface area contributed by atoms with Gasteiger partial charge in [-0.3, -0.25) is 8.98 Å². The SMILES string of the molecule is Cc1ccc(S(=O)(=O)OCCC(C)(C)C(=O)c2cc(-c3ccccc3)no2)cc1. The van der Waals surface area contributed by atoms with Gasteiger partial charge in [0.15, 0.2) is 0 Å². The van der Waals surface area contributed by atoms with Crippen LogP contribution in [0.5, 0.6) is 0 Å². The van der Waals surface area contributed by atoms with Crippen molar-refractivity contribution in [3.63, 3.8) is 0 Å². The number of Topliss-reactive ketones (excluding diaryl/α,β-unsaturated/α-hetero) is 1. The second-order valence-corrected chi connectivity index (χ2v) is 9.11. The van der Waals surface area contributed by atoms with Crippen molar-refractivity contribution in [2.24, 2.45) is 5.41 Å². The molecule has 0 saturated heterocycles. The molecule has 152 valence electrons. The summed E-state index contributed by atoms with van der Waals surface area (Å²) < 4.78 is 34.9. The fourth-order valence-corrected chi connectivity index (χ4v) is 3.66. The van der Waals surface area contributed by atoms with E-state index in [1.165, 1.54) is 12.1 Å². The molecule has 0 aliphatic carbocycles. The molecule has 7 heteroatoms. The van der Waals surface area contributed by atoms with Gasteiger partial charge in [-0.2, -0.15) is 8.42 Å². The van der Waals surface area contributed by atoms with Crippen LogP contribution in [0.15, 0.2) is 70.1 Å². The van der Waals surface area contributed by atoms with Crippen molar-refractivity contribution in [2.45, 2.75) is 32.1 Å². The number of carbonyl (C=O) groups excluding carboxylic acids is 1. The van der Waals surface area contributed by atoms with E-state index in [1.54, 1.807) is 32.0 Å². The molecule has 0 unspecified atom stereocenters. The van der Waals surface area contributed by atoms with Crippen molar-refractivity contribution < 1.29 is 21.9 Å². The second kappa shape index (κ2) is 8.31. The maximum atomic E-state index is 12.8. The lowest BCUT2D eigenvalue weighted by atomic mass is 9.83. The smallest absolute Gasteiger partial charge is 0.296 e. The number of aryl methyl sites for hydroxylation is 1. The van der Waals surface area contributed by atoms with Gasteiger partial charge in [0, 0.05) is 17.0 Å². The van der Waals surface area contributed by atoms with E-state index in [2.05, 4.69) is 5.16 Å². The van der Waals surface area contributed by atoms with Gasteiger partial charge in [0.25, 0.3) is 10.1 Å². The molecule has 0 spiro atoms. The fourth-order valence-electron chi connectivity index (χ4n) is 2.75. The lowest BCUT2D eigenvalue weighted by Crippen LogP contribution is -2.26. The lowest BCUT2D eigenvalue weighted by Gasteiger charge is -2.21. The molecule has 0 aliphatic rings. The highest BCUT2D eigenvalue weighted by molar-refractivity contribution is 7.86. The van der Waals surface area contributed by atoms with Crippen LogP contribution in [0.1, 0.15) is 36.4 Å². The zero-order valence-electron chi connectivity index (χ0n) is 16.6. The van der Waals surface area contributed by atoms with Crippen LogP contribution in [0, 0.1) is 12.3 Å². The van der Waals surface area contributed by atoms with E-state index in [-0.39, 0.29) is 29.5 Å². The Labute approximate surface area is 170 Å². The molecule has 6 nitrogen and oxygen atoms in total. The van der Waals surface area contributed by atoms with E-state index in [1.807, 2.05) is 37.3 Å². The molecule has 0 N–H and O–H groups in total. The molecule has 0 aliphatic heterocycles. The summed E-state index contributed by atoms with van der Waals surface area (Å²) in [5, 5.41) is 3.96. The minimum Gasteiger partial charge on any atom is -0.352 e. The Morgan fingerprint density at radius 1 is 1.07 bits per heavy atom. The van der Waals surface area contributed by atoms with Gasteiger partial charge in [0.05, 0.1) is 11.5 Å². The van der Waals surface area contributed by atoms with E-state index in [0.29, 0.717) is 5.69 Å². The summed E-state index contributed by atoms with van der Waals surface area (Å²) in [4.78, 5) is 12.9. The van der Waals surface area contributed by atoms with Crippen LogP contribution in [0.2, 0.25) is 0 Å². The van der Waals surface area contributed by atoms with Gasteiger partial charge < -0.3 is 4.52 Å². The molecule has 0 fully saturated rings. The summed E-state index contributed by atoms with van der Waals surface area (Å²) in [5.74, 6) is -0.126. The van der Waals surface area contributed by atoms with Crippen LogP contribution in [-0.2, 0) is 14.3 Å². The van der Waals surface area contributed by atoms with Crippen LogP contribution >= 0.6 is 0 Å². The average Bonchev–Trinajstić information content (AvgIpc) is 3.18. The third-order valence-electron chi connectivity index (χ3n) is 4.69. The standard InChI is InChI=1S/C22H23NO5S/c1-16-9-11-18(12-10-16)29(25,26)27-14-13-22(2,3)21(24)20-15-19(23-28-20)17-7-5-4-6-8-17/h4-12,15H,13-14H2,1-3H3. The summed E-state index contributed by atoms with van der Waals surface area (Å²) >= 11 is 0. The molecule has 0 atom stereocenters. The highest BCUT2D eigenvalue weighted by Gasteiger charge is 2.32. The monoisotopic (exact) mass is 413 g/mol. The van der Waals surface area contributed by atoms with Crippen molar-refractivity contribution in [1.82, 2.24) is 5.16 Å². The zero-order valence-corrected chi connectivity index (χ0v) is 17.4.